The first-order valence-corrected chi connectivity index (χ1v) is 6.52. The minimum absolute atomic E-state index is 0.617. The second-order valence-electron chi connectivity index (χ2n) is 4.51. The van der Waals surface area contributed by atoms with Crippen LogP contribution in [0.15, 0.2) is 42.5 Å². The summed E-state index contributed by atoms with van der Waals surface area (Å²) in [5, 5.41) is 11.0. The molecule has 2 aromatic carbocycles. The highest BCUT2D eigenvalue weighted by atomic mass is 35.5. The van der Waals surface area contributed by atoms with E-state index in [-0.39, 0.29) is 0 Å². The fourth-order valence-electron chi connectivity index (χ4n) is 1.91. The largest absolute Gasteiger partial charge is 0.384 e. The van der Waals surface area contributed by atoms with E-state index < -0.39 is 6.10 Å². The van der Waals surface area contributed by atoms with Gasteiger partial charge in [0.15, 0.2) is 0 Å². The van der Waals surface area contributed by atoms with Crippen LogP contribution in [0.5, 0.6) is 0 Å². The molecule has 0 bridgehead atoms. The lowest BCUT2D eigenvalue weighted by molar-refractivity contribution is 0.220. The molecule has 1 nitrogen and oxygen atoms in total. The third kappa shape index (κ3) is 2.74. The quantitative estimate of drug-likeness (QED) is 0.873. The third-order valence-electron chi connectivity index (χ3n) is 3.22. The van der Waals surface area contributed by atoms with E-state index in [4.69, 9.17) is 11.6 Å². The molecule has 0 radical (unpaired) electrons. The third-order valence-corrected chi connectivity index (χ3v) is 3.62. The molecular formula is C16H17ClO. The predicted molar refractivity (Wildman–Crippen MR) is 76.1 cm³/mol. The Kier molecular flexibility index (Phi) is 4.05. The lowest BCUT2D eigenvalue weighted by atomic mass is 9.99. The molecule has 18 heavy (non-hydrogen) atoms. The Morgan fingerprint density at radius 1 is 1.06 bits per heavy atom. The van der Waals surface area contributed by atoms with E-state index in [1.54, 1.807) is 0 Å². The molecule has 0 fully saturated rings. The number of aliphatic hydroxyl groups excluding tert-OH is 1. The zero-order chi connectivity index (χ0) is 13.1. The molecule has 0 saturated carbocycles. The maximum atomic E-state index is 10.3. The second kappa shape index (κ2) is 5.55. The smallest absolute Gasteiger partial charge is 0.104 e. The minimum Gasteiger partial charge on any atom is -0.384 e. The summed E-state index contributed by atoms with van der Waals surface area (Å²) < 4.78 is 0. The zero-order valence-corrected chi connectivity index (χ0v) is 11.4. The van der Waals surface area contributed by atoms with Gasteiger partial charge in [0.1, 0.15) is 6.10 Å². The van der Waals surface area contributed by atoms with Crippen molar-refractivity contribution in [3.8, 4) is 0 Å². The molecule has 0 aromatic heterocycles. The van der Waals surface area contributed by atoms with Crippen molar-refractivity contribution in [2.75, 3.05) is 0 Å². The van der Waals surface area contributed by atoms with Crippen molar-refractivity contribution in [2.24, 2.45) is 0 Å². The Morgan fingerprint density at radius 2 is 1.67 bits per heavy atom. The lowest BCUT2D eigenvalue weighted by Gasteiger charge is -2.13. The molecule has 0 spiro atoms. The summed E-state index contributed by atoms with van der Waals surface area (Å²) in [5.74, 6) is 0. The Morgan fingerprint density at radius 3 is 2.22 bits per heavy atom. The molecule has 0 amide bonds. The Labute approximate surface area is 113 Å². The number of halogens is 1. The molecule has 94 valence electrons. The number of hydrogen-bond donors (Lipinski definition) is 1. The van der Waals surface area contributed by atoms with Gasteiger partial charge in [0.25, 0.3) is 0 Å². The van der Waals surface area contributed by atoms with Gasteiger partial charge in [0.2, 0.25) is 0 Å². The van der Waals surface area contributed by atoms with Gasteiger partial charge in [-0.3, -0.25) is 0 Å². The maximum Gasteiger partial charge on any atom is 0.104 e. The van der Waals surface area contributed by atoms with Gasteiger partial charge in [-0.25, -0.2) is 0 Å². The lowest BCUT2D eigenvalue weighted by Crippen LogP contribution is -2.00. The van der Waals surface area contributed by atoms with E-state index in [0.29, 0.717) is 5.02 Å². The molecule has 0 aliphatic heterocycles. The molecule has 2 rings (SSSR count). The van der Waals surface area contributed by atoms with Gasteiger partial charge in [-0.1, -0.05) is 54.9 Å². The van der Waals surface area contributed by atoms with Gasteiger partial charge in [-0.2, -0.15) is 0 Å². The topological polar surface area (TPSA) is 20.2 Å². The van der Waals surface area contributed by atoms with E-state index in [2.05, 4.69) is 6.92 Å². The van der Waals surface area contributed by atoms with E-state index in [1.165, 1.54) is 5.56 Å². The van der Waals surface area contributed by atoms with Gasteiger partial charge in [0, 0.05) is 5.02 Å². The first-order valence-electron chi connectivity index (χ1n) is 6.14. The summed E-state index contributed by atoms with van der Waals surface area (Å²) in [7, 11) is 0. The average Bonchev–Trinajstić information content (AvgIpc) is 2.41. The van der Waals surface area contributed by atoms with Crippen LogP contribution in [0.3, 0.4) is 0 Å². The molecule has 1 N–H and O–H groups in total. The molecule has 0 heterocycles. The van der Waals surface area contributed by atoms with Crippen molar-refractivity contribution in [1.82, 2.24) is 0 Å². The summed E-state index contributed by atoms with van der Waals surface area (Å²) in [6.07, 6.45) is 0.390. The molecule has 0 aliphatic carbocycles. The maximum absolute atomic E-state index is 10.3. The highest BCUT2D eigenvalue weighted by molar-refractivity contribution is 6.31. The van der Waals surface area contributed by atoms with E-state index >= 15 is 0 Å². The first-order chi connectivity index (χ1) is 8.61. The zero-order valence-electron chi connectivity index (χ0n) is 10.7. The number of benzene rings is 2. The minimum atomic E-state index is -0.617. The van der Waals surface area contributed by atoms with Crippen molar-refractivity contribution < 1.29 is 5.11 Å². The number of hydrogen-bond acceptors (Lipinski definition) is 1. The highest BCUT2D eigenvalue weighted by Gasteiger charge is 2.11. The molecule has 1 atom stereocenters. The van der Waals surface area contributed by atoms with Crippen molar-refractivity contribution in [1.29, 1.82) is 0 Å². The number of aliphatic hydroxyl groups is 1. The van der Waals surface area contributed by atoms with Crippen LogP contribution in [0.25, 0.3) is 0 Å². The van der Waals surface area contributed by atoms with Crippen LogP contribution in [-0.4, -0.2) is 5.11 Å². The molecule has 2 heteroatoms. The molecular weight excluding hydrogens is 244 g/mol. The summed E-state index contributed by atoms with van der Waals surface area (Å²) in [4.78, 5) is 0. The van der Waals surface area contributed by atoms with Crippen molar-refractivity contribution >= 4 is 11.6 Å². The van der Waals surface area contributed by atoms with Crippen LogP contribution in [0.4, 0.5) is 0 Å². The van der Waals surface area contributed by atoms with Crippen LogP contribution >= 0.6 is 11.6 Å². The summed E-state index contributed by atoms with van der Waals surface area (Å²) >= 11 is 6.08. The van der Waals surface area contributed by atoms with Crippen LogP contribution in [0.2, 0.25) is 5.02 Å². The standard InChI is InChI=1S/C16H17ClO/c1-3-12-5-8-13(9-6-12)16(18)14-7-4-11(2)15(17)10-14/h4-10,16,18H,3H2,1-2H3. The Bertz CT molecular complexity index is 531. The molecule has 2 aromatic rings. The van der Waals surface area contributed by atoms with E-state index in [9.17, 15) is 5.11 Å². The fraction of sp³-hybridized carbons (Fsp3) is 0.250. The van der Waals surface area contributed by atoms with Gasteiger partial charge in [-0.05, 0) is 41.7 Å². The van der Waals surface area contributed by atoms with Crippen LogP contribution in [0.1, 0.15) is 35.3 Å². The SMILES string of the molecule is CCc1ccc(C(O)c2ccc(C)c(Cl)c2)cc1. The highest BCUT2D eigenvalue weighted by Crippen LogP contribution is 2.26. The van der Waals surface area contributed by atoms with Gasteiger partial charge >= 0.3 is 0 Å². The van der Waals surface area contributed by atoms with E-state index in [1.807, 2.05) is 49.4 Å². The Balaban J connectivity index is 2.28. The summed E-state index contributed by atoms with van der Waals surface area (Å²) in [5.41, 5.74) is 4.02. The van der Waals surface area contributed by atoms with Crippen molar-refractivity contribution in [3.05, 3.63) is 69.7 Å². The van der Waals surface area contributed by atoms with Crippen molar-refractivity contribution in [3.63, 3.8) is 0 Å². The van der Waals surface area contributed by atoms with Crippen LogP contribution < -0.4 is 0 Å². The van der Waals surface area contributed by atoms with Gasteiger partial charge < -0.3 is 5.11 Å². The molecule has 0 aliphatic rings. The number of aryl methyl sites for hydroxylation is 2. The van der Waals surface area contributed by atoms with Gasteiger partial charge in [0.05, 0.1) is 0 Å². The van der Waals surface area contributed by atoms with Gasteiger partial charge in [-0.15, -0.1) is 0 Å². The van der Waals surface area contributed by atoms with E-state index in [0.717, 1.165) is 23.1 Å². The summed E-state index contributed by atoms with van der Waals surface area (Å²) in [6, 6.07) is 13.7. The first kappa shape index (κ1) is 13.1. The second-order valence-corrected chi connectivity index (χ2v) is 4.91. The normalized spacial score (nSPS) is 12.4. The molecule has 0 saturated heterocycles. The van der Waals surface area contributed by atoms with Crippen LogP contribution in [-0.2, 0) is 6.42 Å². The summed E-state index contributed by atoms with van der Waals surface area (Å²) in [6.45, 7) is 4.07. The molecule has 1 unspecified atom stereocenters. The fourth-order valence-corrected chi connectivity index (χ4v) is 2.10. The van der Waals surface area contributed by atoms with Crippen molar-refractivity contribution in [2.45, 2.75) is 26.4 Å². The van der Waals surface area contributed by atoms with Crippen LogP contribution in [0, 0.1) is 6.92 Å². The Hall–Kier alpha value is -1.31. The number of rotatable bonds is 3. The average molecular weight is 261 g/mol. The predicted octanol–water partition coefficient (Wildman–Crippen LogP) is 4.29. The monoisotopic (exact) mass is 260 g/mol.